The number of carbonyl (C=O) groups excluding carboxylic acids is 1. The van der Waals surface area contributed by atoms with Crippen molar-refractivity contribution in [2.75, 3.05) is 0 Å². The van der Waals surface area contributed by atoms with Crippen LogP contribution in [0, 0.1) is 11.8 Å². The van der Waals surface area contributed by atoms with Crippen molar-refractivity contribution < 1.29 is 14.7 Å². The Bertz CT molecular complexity index is 711. The number of fused-ring (bicyclic) bond motifs is 1. The summed E-state index contributed by atoms with van der Waals surface area (Å²) in [7, 11) is 0. The Balaban J connectivity index is 2.27. The minimum Gasteiger partial charge on any atom is -0.481 e. The van der Waals surface area contributed by atoms with E-state index in [4.69, 9.17) is 0 Å². The Morgan fingerprint density at radius 1 is 1.12 bits per heavy atom. The third kappa shape index (κ3) is 4.19. The summed E-state index contributed by atoms with van der Waals surface area (Å²) in [6.07, 6.45) is 6.18. The number of carboxylic acid groups (broad SMARTS) is 1. The van der Waals surface area contributed by atoms with Crippen molar-refractivity contribution in [3.05, 3.63) is 42.2 Å². The van der Waals surface area contributed by atoms with Crippen molar-refractivity contribution >= 4 is 22.5 Å². The Labute approximate surface area is 142 Å². The molecule has 0 aliphatic carbocycles. The number of benzene rings is 1. The van der Waals surface area contributed by atoms with Crippen LogP contribution < -0.4 is 0 Å². The standard InChI is InChI=1S/C20H25NO3/c1-3-5-6-9-14(4-2)18(20(23)24)19(22)17-12-15-10-7-8-11-16(15)13-21-17/h7-8,10-14,18H,3-6,9H2,1-2H3,(H,23,24). The van der Waals surface area contributed by atoms with Crippen LogP contribution in [0.2, 0.25) is 0 Å². The summed E-state index contributed by atoms with van der Waals surface area (Å²) in [5, 5.41) is 11.5. The van der Waals surface area contributed by atoms with Gasteiger partial charge in [-0.25, -0.2) is 0 Å². The predicted molar refractivity (Wildman–Crippen MR) is 95.1 cm³/mol. The third-order valence-electron chi connectivity index (χ3n) is 4.61. The van der Waals surface area contributed by atoms with E-state index >= 15 is 0 Å². The van der Waals surface area contributed by atoms with Crippen LogP contribution in [-0.4, -0.2) is 21.8 Å². The molecule has 0 saturated carbocycles. The van der Waals surface area contributed by atoms with E-state index in [9.17, 15) is 14.7 Å². The number of carboxylic acids is 1. The lowest BCUT2D eigenvalue weighted by molar-refractivity contribution is -0.141. The van der Waals surface area contributed by atoms with E-state index in [1.807, 2.05) is 31.2 Å². The van der Waals surface area contributed by atoms with Crippen molar-refractivity contribution in [1.29, 1.82) is 0 Å². The van der Waals surface area contributed by atoms with Crippen molar-refractivity contribution in [1.82, 2.24) is 4.98 Å². The van der Waals surface area contributed by atoms with Crippen LogP contribution in [0.4, 0.5) is 0 Å². The molecule has 4 heteroatoms. The molecule has 0 spiro atoms. The fourth-order valence-electron chi connectivity index (χ4n) is 3.17. The van der Waals surface area contributed by atoms with Crippen LogP contribution in [-0.2, 0) is 4.79 Å². The number of carbonyl (C=O) groups is 2. The summed E-state index contributed by atoms with van der Waals surface area (Å²) in [6.45, 7) is 4.06. The van der Waals surface area contributed by atoms with Crippen LogP contribution in [0.5, 0.6) is 0 Å². The van der Waals surface area contributed by atoms with Crippen molar-refractivity contribution in [3.63, 3.8) is 0 Å². The zero-order valence-electron chi connectivity index (χ0n) is 14.4. The van der Waals surface area contributed by atoms with Gasteiger partial charge >= 0.3 is 5.97 Å². The molecule has 0 saturated heterocycles. The fourth-order valence-corrected chi connectivity index (χ4v) is 3.17. The van der Waals surface area contributed by atoms with Gasteiger partial charge in [0.1, 0.15) is 11.6 Å². The number of aromatic nitrogens is 1. The van der Waals surface area contributed by atoms with Crippen LogP contribution >= 0.6 is 0 Å². The molecule has 1 aromatic heterocycles. The second-order valence-electron chi connectivity index (χ2n) is 6.26. The molecule has 24 heavy (non-hydrogen) atoms. The molecule has 1 heterocycles. The fraction of sp³-hybridized carbons (Fsp3) is 0.450. The molecule has 1 aromatic carbocycles. The number of aliphatic carboxylic acids is 1. The second kappa shape index (κ2) is 8.57. The van der Waals surface area contributed by atoms with E-state index < -0.39 is 11.9 Å². The first-order chi connectivity index (χ1) is 11.6. The number of rotatable bonds is 9. The lowest BCUT2D eigenvalue weighted by Gasteiger charge is -2.21. The molecule has 0 amide bonds. The maximum absolute atomic E-state index is 12.8. The topological polar surface area (TPSA) is 67.3 Å². The molecule has 0 aliphatic heterocycles. The Morgan fingerprint density at radius 3 is 2.46 bits per heavy atom. The lowest BCUT2D eigenvalue weighted by atomic mass is 9.82. The monoisotopic (exact) mass is 327 g/mol. The molecular weight excluding hydrogens is 302 g/mol. The SMILES string of the molecule is CCCCCC(CC)C(C(=O)O)C(=O)c1cc2ccccc2cn1. The molecular formula is C20H25NO3. The van der Waals surface area contributed by atoms with Crippen LogP contribution in [0.15, 0.2) is 36.5 Å². The molecule has 4 nitrogen and oxygen atoms in total. The van der Waals surface area contributed by atoms with Gasteiger partial charge in [-0.2, -0.15) is 0 Å². The summed E-state index contributed by atoms with van der Waals surface area (Å²) < 4.78 is 0. The molecule has 128 valence electrons. The van der Waals surface area contributed by atoms with Crippen molar-refractivity contribution in [2.45, 2.75) is 46.0 Å². The highest BCUT2D eigenvalue weighted by Crippen LogP contribution is 2.27. The minimum atomic E-state index is -1.04. The molecule has 2 rings (SSSR count). The van der Waals surface area contributed by atoms with E-state index in [-0.39, 0.29) is 17.4 Å². The molecule has 0 fully saturated rings. The van der Waals surface area contributed by atoms with Gasteiger partial charge in [-0.3, -0.25) is 14.6 Å². The number of pyridine rings is 1. The van der Waals surface area contributed by atoms with Crippen LogP contribution in [0.1, 0.15) is 56.4 Å². The summed E-state index contributed by atoms with van der Waals surface area (Å²) >= 11 is 0. The highest BCUT2D eigenvalue weighted by atomic mass is 16.4. The van der Waals surface area contributed by atoms with Gasteiger partial charge < -0.3 is 5.11 Å². The third-order valence-corrected chi connectivity index (χ3v) is 4.61. The van der Waals surface area contributed by atoms with Gasteiger partial charge in [0, 0.05) is 11.6 Å². The largest absolute Gasteiger partial charge is 0.481 e. The van der Waals surface area contributed by atoms with E-state index in [0.29, 0.717) is 6.42 Å². The Hall–Kier alpha value is -2.23. The van der Waals surface area contributed by atoms with Crippen molar-refractivity contribution in [3.8, 4) is 0 Å². The van der Waals surface area contributed by atoms with Gasteiger partial charge in [0.05, 0.1) is 0 Å². The predicted octanol–water partition coefficient (Wildman–Crippen LogP) is 4.72. The van der Waals surface area contributed by atoms with Crippen LogP contribution in [0.3, 0.4) is 0 Å². The number of Topliss-reactive ketones (excluding diaryl/α,β-unsaturated/α-hetero) is 1. The summed E-state index contributed by atoms with van der Waals surface area (Å²) in [5.41, 5.74) is 0.245. The van der Waals surface area contributed by atoms with Crippen molar-refractivity contribution in [2.24, 2.45) is 11.8 Å². The van der Waals surface area contributed by atoms with Crippen LogP contribution in [0.25, 0.3) is 10.8 Å². The number of nitrogens with zero attached hydrogens (tertiary/aromatic N) is 1. The number of hydrogen-bond donors (Lipinski definition) is 1. The van der Waals surface area contributed by atoms with Gasteiger partial charge in [0.15, 0.2) is 5.78 Å². The van der Waals surface area contributed by atoms with Gasteiger partial charge in [0.2, 0.25) is 0 Å². The second-order valence-corrected chi connectivity index (χ2v) is 6.26. The van der Waals surface area contributed by atoms with E-state index in [1.54, 1.807) is 12.3 Å². The van der Waals surface area contributed by atoms with Gasteiger partial charge in [-0.15, -0.1) is 0 Å². The number of hydrogen-bond acceptors (Lipinski definition) is 3. The van der Waals surface area contributed by atoms with E-state index in [0.717, 1.165) is 36.5 Å². The summed E-state index contributed by atoms with van der Waals surface area (Å²) in [4.78, 5) is 28.8. The highest BCUT2D eigenvalue weighted by molar-refractivity contribution is 6.08. The zero-order valence-corrected chi connectivity index (χ0v) is 14.4. The maximum Gasteiger partial charge on any atom is 0.314 e. The average Bonchev–Trinajstić information content (AvgIpc) is 2.59. The van der Waals surface area contributed by atoms with Gasteiger partial charge in [-0.1, -0.05) is 63.8 Å². The first-order valence-corrected chi connectivity index (χ1v) is 8.70. The Kier molecular flexibility index (Phi) is 6.47. The summed E-state index contributed by atoms with van der Waals surface area (Å²) in [5.74, 6) is -2.58. The molecule has 2 unspecified atom stereocenters. The van der Waals surface area contributed by atoms with E-state index in [2.05, 4.69) is 11.9 Å². The van der Waals surface area contributed by atoms with E-state index in [1.165, 1.54) is 0 Å². The highest BCUT2D eigenvalue weighted by Gasteiger charge is 2.34. The first-order valence-electron chi connectivity index (χ1n) is 8.70. The minimum absolute atomic E-state index is 0.144. The smallest absolute Gasteiger partial charge is 0.314 e. The molecule has 0 aliphatic rings. The maximum atomic E-state index is 12.8. The zero-order chi connectivity index (χ0) is 17.5. The molecule has 0 radical (unpaired) electrons. The Morgan fingerprint density at radius 2 is 1.83 bits per heavy atom. The molecule has 1 N–H and O–H groups in total. The lowest BCUT2D eigenvalue weighted by Crippen LogP contribution is -2.32. The average molecular weight is 327 g/mol. The molecule has 0 bridgehead atoms. The number of unbranched alkanes of at least 4 members (excludes halogenated alkanes) is 2. The number of ketones is 1. The normalized spacial score (nSPS) is 13.6. The quantitative estimate of drug-likeness (QED) is 0.411. The van der Waals surface area contributed by atoms with Gasteiger partial charge in [-0.05, 0) is 23.8 Å². The molecule has 2 aromatic rings. The summed E-state index contributed by atoms with van der Waals surface area (Å²) in [6, 6.07) is 9.33. The first kappa shape index (κ1) is 18.1. The molecule has 2 atom stereocenters. The van der Waals surface area contributed by atoms with Gasteiger partial charge in [0.25, 0.3) is 0 Å².